The predicted molar refractivity (Wildman–Crippen MR) is 162 cm³/mol. The normalized spacial score (nSPS) is 10.2. The molecule has 0 aromatic heterocycles. The number of carbonyl (C=O) groups excluding carboxylic acids is 6. The molecule has 0 spiro atoms. The number of imide groups is 3. The van der Waals surface area contributed by atoms with Gasteiger partial charge in [-0.1, -0.05) is 18.2 Å². The van der Waals surface area contributed by atoms with E-state index in [1.54, 1.807) is 0 Å². The van der Waals surface area contributed by atoms with E-state index >= 15 is 0 Å². The zero-order valence-corrected chi connectivity index (χ0v) is 24.2. The highest BCUT2D eigenvalue weighted by atomic mass is 16.4. The highest BCUT2D eigenvalue weighted by Crippen LogP contribution is 2.14. The van der Waals surface area contributed by atoms with Crippen molar-refractivity contribution in [2.75, 3.05) is 0 Å². The molecule has 15 nitrogen and oxygen atoms in total. The number of benzene rings is 4. The van der Waals surface area contributed by atoms with Crippen molar-refractivity contribution in [3.8, 4) is 0 Å². The molecule has 0 aliphatic rings. The number of aromatic carboxylic acids is 3. The molecular weight excluding hydrogens is 630 g/mol. The largest absolute Gasteiger partial charge is 0.478 e. The van der Waals surface area contributed by atoms with Crippen LogP contribution in [0.25, 0.3) is 0 Å². The monoisotopic (exact) mass is 651 g/mol. The lowest BCUT2D eigenvalue weighted by Crippen LogP contribution is -2.34. The Morgan fingerprint density at radius 3 is 0.729 bits per heavy atom. The van der Waals surface area contributed by atoms with Crippen LogP contribution >= 0.6 is 0 Å². The number of rotatable bonds is 9. The summed E-state index contributed by atoms with van der Waals surface area (Å²) in [4.78, 5) is 111. The Morgan fingerprint density at radius 2 is 0.500 bits per heavy atom. The second-order valence-corrected chi connectivity index (χ2v) is 9.81. The molecule has 4 aromatic rings. The fourth-order valence-electron chi connectivity index (χ4n) is 4.14. The van der Waals surface area contributed by atoms with E-state index in [0.717, 1.165) is 36.4 Å². The molecule has 4 aromatic carbocycles. The average Bonchev–Trinajstić information content (AvgIpc) is 3.07. The molecule has 0 saturated carbocycles. The van der Waals surface area contributed by atoms with Gasteiger partial charge in [-0.25, -0.2) is 14.4 Å². The van der Waals surface area contributed by atoms with Gasteiger partial charge in [0.1, 0.15) is 0 Å². The van der Waals surface area contributed by atoms with Gasteiger partial charge in [-0.05, 0) is 72.8 Å². The Balaban J connectivity index is 1.65. The molecule has 0 unspecified atom stereocenters. The number of hydrogen-bond acceptors (Lipinski definition) is 9. The van der Waals surface area contributed by atoms with Crippen LogP contribution in [0.2, 0.25) is 0 Å². The van der Waals surface area contributed by atoms with E-state index in [1.807, 2.05) is 16.0 Å². The van der Waals surface area contributed by atoms with Crippen molar-refractivity contribution >= 4 is 53.4 Å². The first-order chi connectivity index (χ1) is 22.7. The number of hydrogen-bond donors (Lipinski definition) is 6. The van der Waals surface area contributed by atoms with Crippen molar-refractivity contribution in [3.05, 3.63) is 141 Å². The fraction of sp³-hybridized carbons (Fsp3) is 0. The topological polar surface area (TPSA) is 250 Å². The zero-order valence-electron chi connectivity index (χ0n) is 24.2. The lowest BCUT2D eigenvalue weighted by atomic mass is 10.0. The van der Waals surface area contributed by atoms with Crippen molar-refractivity contribution < 1.29 is 58.5 Å². The van der Waals surface area contributed by atoms with Gasteiger partial charge >= 0.3 is 17.9 Å². The summed E-state index contributed by atoms with van der Waals surface area (Å²) in [5.74, 6) is -10.6. The zero-order chi connectivity index (χ0) is 35.1. The molecule has 0 radical (unpaired) electrons. The molecule has 0 atom stereocenters. The third kappa shape index (κ3) is 8.05. The Hall–Kier alpha value is -7.29. The van der Waals surface area contributed by atoms with Gasteiger partial charge in [-0.3, -0.25) is 44.7 Å². The lowest BCUT2D eigenvalue weighted by molar-refractivity contribution is 0.0685. The predicted octanol–water partition coefficient (Wildman–Crippen LogP) is 2.49. The molecule has 0 saturated heterocycles. The maximum atomic E-state index is 13.1. The number of carboxylic acids is 3. The molecule has 4 rings (SSSR count). The lowest BCUT2D eigenvalue weighted by Gasteiger charge is -2.11. The summed E-state index contributed by atoms with van der Waals surface area (Å²) >= 11 is 0. The van der Waals surface area contributed by atoms with Crippen LogP contribution in [0, 0.1) is 0 Å². The molecule has 0 fully saturated rings. The third-order valence-corrected chi connectivity index (χ3v) is 6.52. The molecule has 0 aliphatic carbocycles. The molecule has 6 amide bonds. The van der Waals surface area contributed by atoms with Crippen LogP contribution in [0.1, 0.15) is 93.2 Å². The first-order valence-electron chi connectivity index (χ1n) is 13.5. The van der Waals surface area contributed by atoms with Crippen LogP contribution < -0.4 is 16.0 Å². The van der Waals surface area contributed by atoms with Gasteiger partial charge in [0.25, 0.3) is 35.4 Å². The Morgan fingerprint density at radius 1 is 0.312 bits per heavy atom. The van der Waals surface area contributed by atoms with Crippen LogP contribution in [0.5, 0.6) is 0 Å². The smallest absolute Gasteiger partial charge is 0.335 e. The summed E-state index contributed by atoms with van der Waals surface area (Å²) in [6.45, 7) is 0. The first-order valence-corrected chi connectivity index (χ1v) is 13.5. The molecular formula is C33H21N3O12. The summed E-state index contributed by atoms with van der Waals surface area (Å²) in [5.41, 5.74) is -2.79. The Bertz CT molecular complexity index is 1820. The fourth-order valence-corrected chi connectivity index (χ4v) is 4.14. The average molecular weight is 652 g/mol. The van der Waals surface area contributed by atoms with Gasteiger partial charge in [0.05, 0.1) is 16.7 Å². The van der Waals surface area contributed by atoms with E-state index < -0.39 is 70.0 Å². The third-order valence-electron chi connectivity index (χ3n) is 6.52. The van der Waals surface area contributed by atoms with Crippen LogP contribution in [-0.2, 0) is 0 Å². The van der Waals surface area contributed by atoms with Crippen molar-refractivity contribution in [1.29, 1.82) is 0 Å². The number of amides is 6. The molecule has 0 bridgehead atoms. The molecule has 48 heavy (non-hydrogen) atoms. The van der Waals surface area contributed by atoms with Crippen molar-refractivity contribution in [3.63, 3.8) is 0 Å². The summed E-state index contributed by atoms with van der Waals surface area (Å²) in [6.07, 6.45) is 0. The van der Waals surface area contributed by atoms with E-state index in [2.05, 4.69) is 0 Å². The minimum Gasteiger partial charge on any atom is -0.478 e. The number of carboxylic acid groups (broad SMARTS) is 3. The van der Waals surface area contributed by atoms with E-state index in [4.69, 9.17) is 0 Å². The van der Waals surface area contributed by atoms with Gasteiger partial charge in [0.2, 0.25) is 0 Å². The minimum absolute atomic E-state index is 0.210. The highest BCUT2D eigenvalue weighted by Gasteiger charge is 2.22. The van der Waals surface area contributed by atoms with Crippen LogP contribution in [0.3, 0.4) is 0 Å². The Labute approximate surface area is 268 Å². The van der Waals surface area contributed by atoms with Crippen LogP contribution in [0.15, 0.2) is 91.0 Å². The van der Waals surface area contributed by atoms with E-state index in [0.29, 0.717) is 0 Å². The minimum atomic E-state index is -1.33. The summed E-state index contributed by atoms with van der Waals surface area (Å²) in [7, 11) is 0. The Kier molecular flexibility index (Phi) is 9.95. The molecule has 15 heteroatoms. The van der Waals surface area contributed by atoms with E-state index in [-0.39, 0.29) is 33.4 Å². The van der Waals surface area contributed by atoms with Crippen LogP contribution in [-0.4, -0.2) is 68.7 Å². The van der Waals surface area contributed by atoms with E-state index in [1.165, 1.54) is 54.6 Å². The van der Waals surface area contributed by atoms with Gasteiger partial charge in [-0.2, -0.15) is 0 Å². The summed E-state index contributed by atoms with van der Waals surface area (Å²) in [5, 5.41) is 33.6. The highest BCUT2D eigenvalue weighted by molar-refractivity contribution is 6.16. The molecule has 240 valence electrons. The molecule has 0 heterocycles. The van der Waals surface area contributed by atoms with Crippen molar-refractivity contribution in [2.24, 2.45) is 0 Å². The number of nitrogens with one attached hydrogen (secondary N) is 3. The van der Waals surface area contributed by atoms with Gasteiger partial charge in [-0.15, -0.1) is 0 Å². The number of carbonyl (C=O) groups is 9. The molecule has 0 aliphatic heterocycles. The van der Waals surface area contributed by atoms with Crippen molar-refractivity contribution in [2.45, 2.75) is 0 Å². The second-order valence-electron chi connectivity index (χ2n) is 9.81. The summed E-state index contributed by atoms with van der Waals surface area (Å²) in [6, 6.07) is 16.9. The quantitative estimate of drug-likeness (QED) is 0.143. The first kappa shape index (κ1) is 33.6. The summed E-state index contributed by atoms with van der Waals surface area (Å²) < 4.78 is 0. The van der Waals surface area contributed by atoms with Crippen LogP contribution in [0.4, 0.5) is 0 Å². The SMILES string of the molecule is O=C(O)c1cccc(C(=O)NC(=O)c2cc(C(=O)NC(=O)c3cccc(C(=O)O)c3)cc(C(=O)NC(=O)c3cccc(C(=O)O)c3)c2)c1. The maximum Gasteiger partial charge on any atom is 0.335 e. The van der Waals surface area contributed by atoms with Crippen molar-refractivity contribution in [1.82, 2.24) is 16.0 Å². The van der Waals surface area contributed by atoms with E-state index in [9.17, 15) is 58.5 Å². The standard InChI is InChI=1S/C33H21N3O12/c37-25(16-4-1-7-19(10-16)31(43)44)34-28(40)22-13-23(29(41)35-26(38)17-5-2-8-20(11-17)32(45)46)15-24(14-22)30(42)36-27(39)18-6-3-9-21(12-18)33(47)48/h1-15H,(H,43,44)(H,45,46)(H,47,48)(H,34,37,40)(H,35,38,41)(H,36,39,42). The maximum absolute atomic E-state index is 13.1. The van der Waals surface area contributed by atoms with Gasteiger partial charge < -0.3 is 15.3 Å². The van der Waals surface area contributed by atoms with Gasteiger partial charge in [0.15, 0.2) is 0 Å². The molecule has 6 N–H and O–H groups in total. The van der Waals surface area contributed by atoms with Gasteiger partial charge in [0, 0.05) is 33.4 Å². The second kappa shape index (κ2) is 14.2.